The second-order valence-electron chi connectivity index (χ2n) is 6.48. The van der Waals surface area contributed by atoms with Gasteiger partial charge in [-0.15, -0.1) is 0 Å². The van der Waals surface area contributed by atoms with Crippen LogP contribution >= 0.6 is 0 Å². The average Bonchev–Trinajstić information content (AvgIpc) is 2.92. The van der Waals surface area contributed by atoms with E-state index in [1.54, 1.807) is 7.11 Å². The van der Waals surface area contributed by atoms with E-state index < -0.39 is 0 Å². The maximum Gasteiger partial charge on any atom is 0.315 e. The van der Waals surface area contributed by atoms with Gasteiger partial charge in [0.2, 0.25) is 0 Å². The third-order valence-corrected chi connectivity index (χ3v) is 5.07. The van der Waals surface area contributed by atoms with Gasteiger partial charge in [-0.05, 0) is 25.8 Å². The molecule has 1 aliphatic rings. The highest BCUT2D eigenvalue weighted by Gasteiger charge is 2.58. The summed E-state index contributed by atoms with van der Waals surface area (Å²) in [4.78, 5) is 12.0. The molecule has 1 aromatic rings. The number of urea groups is 1. The summed E-state index contributed by atoms with van der Waals surface area (Å²) in [6, 6.07) is 1.93. The molecule has 1 aliphatic carbocycles. The molecule has 1 saturated carbocycles. The molecular weight excluding hydrogens is 268 g/mol. The number of H-pyrrole nitrogens is 1. The van der Waals surface area contributed by atoms with E-state index in [4.69, 9.17) is 4.74 Å². The second-order valence-corrected chi connectivity index (χ2v) is 6.48. The molecule has 0 bridgehead atoms. The lowest BCUT2D eigenvalue weighted by Gasteiger charge is -2.59. The van der Waals surface area contributed by atoms with Gasteiger partial charge in [-0.3, -0.25) is 5.10 Å². The van der Waals surface area contributed by atoms with Crippen molar-refractivity contribution in [2.24, 2.45) is 5.41 Å². The van der Waals surface area contributed by atoms with Crippen LogP contribution < -0.4 is 10.6 Å². The van der Waals surface area contributed by atoms with E-state index in [0.717, 1.165) is 24.2 Å². The zero-order chi connectivity index (χ0) is 15.7. The topological polar surface area (TPSA) is 79.0 Å². The summed E-state index contributed by atoms with van der Waals surface area (Å²) in [5.41, 5.74) is 1.66. The standard InChI is InChI=1S/C15H26N4O2/c1-6-10-7-11(19-18-10)9-16-13(20)17-12-8-15(4,21-5)14(12,2)3/h7,12H,6,8-9H2,1-5H3,(H,18,19)(H2,16,17,20)/t12-,15+/m0/s1. The van der Waals surface area contributed by atoms with E-state index in [2.05, 4.69) is 41.6 Å². The zero-order valence-electron chi connectivity index (χ0n) is 13.5. The Bertz CT molecular complexity index is 512. The summed E-state index contributed by atoms with van der Waals surface area (Å²) >= 11 is 0. The number of ether oxygens (including phenoxy) is 1. The summed E-state index contributed by atoms with van der Waals surface area (Å²) in [6.07, 6.45) is 1.71. The Kier molecular flexibility index (Phi) is 4.27. The molecule has 0 radical (unpaired) electrons. The van der Waals surface area contributed by atoms with Crippen LogP contribution in [0.25, 0.3) is 0 Å². The van der Waals surface area contributed by atoms with Gasteiger partial charge in [0.05, 0.1) is 23.5 Å². The van der Waals surface area contributed by atoms with Crippen LogP contribution in [0, 0.1) is 5.41 Å². The van der Waals surface area contributed by atoms with Gasteiger partial charge in [0.15, 0.2) is 0 Å². The molecule has 3 N–H and O–H groups in total. The van der Waals surface area contributed by atoms with E-state index in [1.807, 2.05) is 13.0 Å². The SMILES string of the molecule is CCc1cc(CNC(=O)N[C@H]2C[C@@](C)(OC)C2(C)C)[nH]n1. The second kappa shape index (κ2) is 5.67. The molecule has 0 aromatic carbocycles. The number of methoxy groups -OCH3 is 1. The van der Waals surface area contributed by atoms with Gasteiger partial charge >= 0.3 is 6.03 Å². The van der Waals surface area contributed by atoms with E-state index in [1.165, 1.54) is 0 Å². The number of hydrogen-bond donors (Lipinski definition) is 3. The highest BCUT2D eigenvalue weighted by Crippen LogP contribution is 2.51. The van der Waals surface area contributed by atoms with Crippen molar-refractivity contribution in [2.75, 3.05) is 7.11 Å². The molecule has 0 spiro atoms. The van der Waals surface area contributed by atoms with Gasteiger partial charge < -0.3 is 15.4 Å². The molecule has 1 aromatic heterocycles. The molecule has 1 heterocycles. The van der Waals surface area contributed by atoms with Crippen molar-refractivity contribution >= 4 is 6.03 Å². The van der Waals surface area contributed by atoms with Crippen LogP contribution in [0.5, 0.6) is 0 Å². The molecule has 2 rings (SSSR count). The fourth-order valence-corrected chi connectivity index (χ4v) is 2.79. The predicted octanol–water partition coefficient (Wildman–Crippen LogP) is 1.97. The quantitative estimate of drug-likeness (QED) is 0.777. The Morgan fingerprint density at radius 2 is 2.24 bits per heavy atom. The molecule has 2 atom stereocenters. The minimum atomic E-state index is -0.176. The lowest BCUT2D eigenvalue weighted by atomic mass is 9.56. The van der Waals surface area contributed by atoms with E-state index in [0.29, 0.717) is 6.54 Å². The number of nitrogens with zero attached hydrogens (tertiary/aromatic N) is 1. The number of carbonyl (C=O) groups is 1. The molecule has 1 fully saturated rings. The molecule has 21 heavy (non-hydrogen) atoms. The van der Waals surface area contributed by atoms with Crippen molar-refractivity contribution in [1.29, 1.82) is 0 Å². The molecule has 118 valence electrons. The summed E-state index contributed by atoms with van der Waals surface area (Å²) in [6.45, 7) is 8.82. The highest BCUT2D eigenvalue weighted by molar-refractivity contribution is 5.74. The maximum absolute atomic E-state index is 12.0. The molecular formula is C15H26N4O2. The van der Waals surface area contributed by atoms with Gasteiger partial charge in [-0.2, -0.15) is 5.10 Å². The van der Waals surface area contributed by atoms with Crippen molar-refractivity contribution in [2.45, 2.75) is 58.7 Å². The van der Waals surface area contributed by atoms with Crippen LogP contribution in [-0.2, 0) is 17.7 Å². The summed E-state index contributed by atoms with van der Waals surface area (Å²) < 4.78 is 5.56. The number of hydrogen-bond acceptors (Lipinski definition) is 3. The Labute approximate surface area is 126 Å². The molecule has 0 aliphatic heterocycles. The van der Waals surface area contributed by atoms with Crippen LogP contribution in [0.15, 0.2) is 6.07 Å². The van der Waals surface area contributed by atoms with E-state index in [-0.39, 0.29) is 23.1 Å². The summed E-state index contributed by atoms with van der Waals surface area (Å²) in [7, 11) is 1.72. The first-order valence-electron chi connectivity index (χ1n) is 7.45. The fraction of sp³-hybridized carbons (Fsp3) is 0.733. The van der Waals surface area contributed by atoms with Crippen LogP contribution in [-0.4, -0.2) is 35.0 Å². The Morgan fingerprint density at radius 1 is 1.52 bits per heavy atom. The van der Waals surface area contributed by atoms with Crippen LogP contribution in [0.3, 0.4) is 0 Å². The number of carbonyl (C=O) groups excluding carboxylic acids is 1. The lowest BCUT2D eigenvalue weighted by molar-refractivity contribution is -0.177. The Morgan fingerprint density at radius 3 is 2.76 bits per heavy atom. The third kappa shape index (κ3) is 2.90. The van der Waals surface area contributed by atoms with Gasteiger partial charge in [0.1, 0.15) is 0 Å². The molecule has 2 amide bonds. The molecule has 6 nitrogen and oxygen atoms in total. The summed E-state index contributed by atoms with van der Waals surface area (Å²) in [5.74, 6) is 0. The monoisotopic (exact) mass is 294 g/mol. The van der Waals surface area contributed by atoms with E-state index in [9.17, 15) is 4.79 Å². The van der Waals surface area contributed by atoms with Crippen molar-refractivity contribution in [1.82, 2.24) is 20.8 Å². The Hall–Kier alpha value is -1.56. The van der Waals surface area contributed by atoms with Gasteiger partial charge in [-0.25, -0.2) is 4.79 Å². The number of nitrogens with one attached hydrogen (secondary N) is 3. The Balaban J connectivity index is 1.81. The molecule has 6 heteroatoms. The number of rotatable bonds is 5. The zero-order valence-corrected chi connectivity index (χ0v) is 13.5. The number of aromatic amines is 1. The predicted molar refractivity (Wildman–Crippen MR) is 80.9 cm³/mol. The fourth-order valence-electron chi connectivity index (χ4n) is 2.79. The van der Waals surface area contributed by atoms with Crippen molar-refractivity contribution in [3.05, 3.63) is 17.5 Å². The van der Waals surface area contributed by atoms with Crippen LogP contribution in [0.1, 0.15) is 45.5 Å². The number of aryl methyl sites for hydroxylation is 1. The first-order valence-corrected chi connectivity index (χ1v) is 7.45. The first kappa shape index (κ1) is 15.8. The first-order chi connectivity index (χ1) is 9.82. The molecule has 0 unspecified atom stereocenters. The van der Waals surface area contributed by atoms with E-state index >= 15 is 0 Å². The minimum absolute atomic E-state index is 0.0809. The lowest BCUT2D eigenvalue weighted by Crippen LogP contribution is -2.69. The number of amides is 2. The van der Waals surface area contributed by atoms with Crippen molar-refractivity contribution in [3.8, 4) is 0 Å². The van der Waals surface area contributed by atoms with Gasteiger partial charge in [0, 0.05) is 18.6 Å². The molecule has 0 saturated heterocycles. The highest BCUT2D eigenvalue weighted by atomic mass is 16.5. The van der Waals surface area contributed by atoms with Gasteiger partial charge in [-0.1, -0.05) is 20.8 Å². The third-order valence-electron chi connectivity index (χ3n) is 5.07. The van der Waals surface area contributed by atoms with Crippen molar-refractivity contribution in [3.63, 3.8) is 0 Å². The largest absolute Gasteiger partial charge is 0.378 e. The normalized spacial score (nSPS) is 27.0. The number of aromatic nitrogens is 2. The van der Waals surface area contributed by atoms with Gasteiger partial charge in [0.25, 0.3) is 0 Å². The maximum atomic E-state index is 12.0. The van der Waals surface area contributed by atoms with Crippen molar-refractivity contribution < 1.29 is 9.53 Å². The van der Waals surface area contributed by atoms with Crippen LogP contribution in [0.2, 0.25) is 0 Å². The minimum Gasteiger partial charge on any atom is -0.378 e. The smallest absolute Gasteiger partial charge is 0.315 e. The summed E-state index contributed by atoms with van der Waals surface area (Å²) in [5, 5.41) is 12.9. The van der Waals surface area contributed by atoms with Crippen LogP contribution in [0.4, 0.5) is 4.79 Å². The average molecular weight is 294 g/mol.